The number of hydrogen-bond acceptors (Lipinski definition) is 6. The molecular weight excluding hydrogens is 285 g/mol. The smallest absolute Gasteiger partial charge is 0.140 e. The van der Waals surface area contributed by atoms with Crippen LogP contribution >= 0.6 is 23.2 Å². The summed E-state index contributed by atoms with van der Waals surface area (Å²) < 4.78 is 5.40. The van der Waals surface area contributed by atoms with Gasteiger partial charge in [-0.2, -0.15) is 0 Å². The van der Waals surface area contributed by atoms with Gasteiger partial charge in [-0.15, -0.1) is 23.2 Å². The van der Waals surface area contributed by atoms with Crippen molar-refractivity contribution in [3.8, 4) is 0 Å². The maximum absolute atomic E-state index is 9.90. The molecule has 0 bridgehead atoms. The zero-order valence-electron chi connectivity index (χ0n) is 9.82. The van der Waals surface area contributed by atoms with Gasteiger partial charge < -0.3 is 25.2 Å². The van der Waals surface area contributed by atoms with E-state index in [0.717, 1.165) is 0 Å². The Morgan fingerprint density at radius 2 is 1.50 bits per heavy atom. The molecule has 6 nitrogen and oxygen atoms in total. The largest absolute Gasteiger partial charge is 0.394 e. The fraction of sp³-hybridized carbons (Fsp3) is 1.00. The van der Waals surface area contributed by atoms with E-state index in [2.05, 4.69) is 0 Å². The van der Waals surface area contributed by atoms with Gasteiger partial charge in [-0.1, -0.05) is 0 Å². The predicted molar refractivity (Wildman–Crippen MR) is 66.8 cm³/mol. The Bertz CT molecular complexity index is 240. The van der Waals surface area contributed by atoms with Crippen LogP contribution < -0.4 is 0 Å². The van der Waals surface area contributed by atoms with Crippen LogP contribution in [0, 0.1) is 0 Å². The quantitative estimate of drug-likeness (QED) is 0.450. The molecule has 18 heavy (non-hydrogen) atoms. The molecule has 0 aliphatic carbocycles. The number of aliphatic hydroxyl groups excluding tert-OH is 4. The van der Waals surface area contributed by atoms with Crippen LogP contribution in [0.15, 0.2) is 0 Å². The maximum atomic E-state index is 9.90. The molecule has 0 amide bonds. The van der Waals surface area contributed by atoms with Crippen molar-refractivity contribution in [2.75, 3.05) is 31.5 Å². The molecule has 4 N–H and O–H groups in total. The fourth-order valence-electron chi connectivity index (χ4n) is 1.97. The van der Waals surface area contributed by atoms with E-state index in [1.165, 1.54) is 0 Å². The number of halogens is 2. The highest BCUT2D eigenvalue weighted by Crippen LogP contribution is 2.23. The second-order valence-corrected chi connectivity index (χ2v) is 4.89. The lowest BCUT2D eigenvalue weighted by Crippen LogP contribution is -2.63. The van der Waals surface area contributed by atoms with Gasteiger partial charge in [0.25, 0.3) is 0 Å². The van der Waals surface area contributed by atoms with E-state index in [1.54, 1.807) is 4.90 Å². The van der Waals surface area contributed by atoms with Crippen molar-refractivity contribution in [1.29, 1.82) is 0 Å². The monoisotopic (exact) mass is 303 g/mol. The van der Waals surface area contributed by atoms with Crippen molar-refractivity contribution in [1.82, 2.24) is 4.90 Å². The van der Waals surface area contributed by atoms with E-state index in [9.17, 15) is 15.3 Å². The Morgan fingerprint density at radius 3 is 1.94 bits per heavy atom. The molecule has 5 atom stereocenters. The molecule has 0 aromatic carbocycles. The summed E-state index contributed by atoms with van der Waals surface area (Å²) in [6, 6.07) is 0. The Hall–Kier alpha value is 0.340. The second kappa shape index (κ2) is 7.81. The number of hydrogen-bond donors (Lipinski definition) is 4. The first kappa shape index (κ1) is 16.4. The number of rotatable bonds is 6. The van der Waals surface area contributed by atoms with Gasteiger partial charge in [0, 0.05) is 24.8 Å². The van der Waals surface area contributed by atoms with Crippen LogP contribution in [0.25, 0.3) is 0 Å². The summed E-state index contributed by atoms with van der Waals surface area (Å²) in [5, 5.41) is 38.3. The highest BCUT2D eigenvalue weighted by atomic mass is 35.5. The highest BCUT2D eigenvalue weighted by Gasteiger charge is 2.45. The summed E-state index contributed by atoms with van der Waals surface area (Å²) in [6.45, 7) is 0.380. The summed E-state index contributed by atoms with van der Waals surface area (Å²) in [7, 11) is 0. The van der Waals surface area contributed by atoms with Gasteiger partial charge in [0.05, 0.1) is 6.61 Å². The predicted octanol–water partition coefficient (Wildman–Crippen LogP) is -1.43. The third-order valence-electron chi connectivity index (χ3n) is 2.97. The SMILES string of the molecule is OC[C@H]1OC(N(CCCl)CCCl)[C@H](O)[C@@H](O)[C@@H]1O. The van der Waals surface area contributed by atoms with E-state index < -0.39 is 37.3 Å². The van der Waals surface area contributed by atoms with Gasteiger partial charge in [0.15, 0.2) is 0 Å². The fourth-order valence-corrected chi connectivity index (χ4v) is 2.40. The summed E-state index contributed by atoms with van der Waals surface area (Å²) in [6.07, 6.45) is -5.78. The molecule has 1 aliphatic rings. The normalized spacial score (nSPS) is 37.2. The molecule has 1 aliphatic heterocycles. The summed E-state index contributed by atoms with van der Waals surface area (Å²) in [5.74, 6) is 0.623. The Labute approximate surface area is 116 Å². The first-order chi connectivity index (χ1) is 8.56. The Balaban J connectivity index is 2.77. The van der Waals surface area contributed by atoms with Crippen LogP contribution in [0.3, 0.4) is 0 Å². The van der Waals surface area contributed by atoms with E-state index in [1.807, 2.05) is 0 Å². The van der Waals surface area contributed by atoms with Crippen molar-refractivity contribution < 1.29 is 25.2 Å². The lowest BCUT2D eigenvalue weighted by atomic mass is 9.98. The number of nitrogens with zero attached hydrogens (tertiary/aromatic N) is 1. The van der Waals surface area contributed by atoms with Crippen LogP contribution in [0.2, 0.25) is 0 Å². The lowest BCUT2D eigenvalue weighted by molar-refractivity contribution is -0.264. The molecule has 1 rings (SSSR count). The summed E-state index contributed by atoms with van der Waals surface area (Å²) in [4.78, 5) is 1.67. The van der Waals surface area contributed by atoms with E-state index >= 15 is 0 Å². The lowest BCUT2D eigenvalue weighted by Gasteiger charge is -2.44. The van der Waals surface area contributed by atoms with E-state index in [0.29, 0.717) is 24.8 Å². The molecule has 1 unspecified atom stereocenters. The van der Waals surface area contributed by atoms with Gasteiger partial charge in [0.2, 0.25) is 0 Å². The van der Waals surface area contributed by atoms with Gasteiger partial charge in [0.1, 0.15) is 30.6 Å². The first-order valence-electron chi connectivity index (χ1n) is 5.73. The number of alkyl halides is 2. The van der Waals surface area contributed by atoms with Crippen molar-refractivity contribution in [3.05, 3.63) is 0 Å². The minimum atomic E-state index is -1.38. The topological polar surface area (TPSA) is 93.4 Å². The van der Waals surface area contributed by atoms with Crippen LogP contribution in [0.1, 0.15) is 0 Å². The molecule has 1 heterocycles. The summed E-state index contributed by atoms with van der Waals surface area (Å²) in [5.41, 5.74) is 0. The second-order valence-electron chi connectivity index (χ2n) is 4.13. The molecule has 0 saturated carbocycles. The van der Waals surface area contributed by atoms with Crippen molar-refractivity contribution in [2.24, 2.45) is 0 Å². The maximum Gasteiger partial charge on any atom is 0.140 e. The molecule has 0 aromatic heterocycles. The number of aliphatic hydroxyl groups is 4. The van der Waals surface area contributed by atoms with Gasteiger partial charge in [-0.25, -0.2) is 0 Å². The van der Waals surface area contributed by atoms with E-state index in [-0.39, 0.29) is 0 Å². The standard InChI is InChI=1S/C10H19Cl2NO5/c11-1-3-13(4-2-12)10-9(17)8(16)7(15)6(5-14)18-10/h6-10,14-17H,1-5H2/t6-,7-,8+,9-,10?/m1/s1. The minimum Gasteiger partial charge on any atom is -0.394 e. The van der Waals surface area contributed by atoms with Crippen molar-refractivity contribution >= 4 is 23.2 Å². The molecule has 108 valence electrons. The first-order valence-corrected chi connectivity index (χ1v) is 6.80. The third kappa shape index (κ3) is 3.68. The van der Waals surface area contributed by atoms with Crippen LogP contribution in [0.5, 0.6) is 0 Å². The average Bonchev–Trinajstić information content (AvgIpc) is 2.36. The molecule has 0 radical (unpaired) electrons. The zero-order chi connectivity index (χ0) is 13.7. The molecular formula is C10H19Cl2NO5. The van der Waals surface area contributed by atoms with Crippen LogP contribution in [-0.2, 0) is 4.74 Å². The Morgan fingerprint density at radius 1 is 0.944 bits per heavy atom. The molecule has 1 saturated heterocycles. The van der Waals surface area contributed by atoms with E-state index in [4.69, 9.17) is 33.0 Å². The molecule has 0 aromatic rings. The average molecular weight is 304 g/mol. The summed E-state index contributed by atoms with van der Waals surface area (Å²) >= 11 is 11.3. The zero-order valence-corrected chi connectivity index (χ0v) is 11.3. The van der Waals surface area contributed by atoms with Crippen molar-refractivity contribution in [2.45, 2.75) is 30.6 Å². The minimum absolute atomic E-state index is 0.311. The Kier molecular flexibility index (Phi) is 7.12. The van der Waals surface area contributed by atoms with Gasteiger partial charge >= 0.3 is 0 Å². The highest BCUT2D eigenvalue weighted by molar-refractivity contribution is 6.18. The van der Waals surface area contributed by atoms with Crippen LogP contribution in [0.4, 0.5) is 0 Å². The van der Waals surface area contributed by atoms with Gasteiger partial charge in [-0.3, -0.25) is 4.90 Å². The van der Waals surface area contributed by atoms with Crippen LogP contribution in [-0.4, -0.2) is 87.4 Å². The number of ether oxygens (including phenoxy) is 1. The third-order valence-corrected chi connectivity index (χ3v) is 3.31. The molecule has 8 heteroatoms. The van der Waals surface area contributed by atoms with Gasteiger partial charge in [-0.05, 0) is 0 Å². The molecule has 0 spiro atoms. The van der Waals surface area contributed by atoms with Crippen molar-refractivity contribution in [3.63, 3.8) is 0 Å². The molecule has 1 fully saturated rings.